The molecular weight excluding hydrogens is 488 g/mol. The number of nitrogens with two attached hydrogens (primary N) is 1. The van der Waals surface area contributed by atoms with Gasteiger partial charge in [0.25, 0.3) is 0 Å². The monoisotopic (exact) mass is 518 g/mol. The summed E-state index contributed by atoms with van der Waals surface area (Å²) in [4.78, 5) is 12.3. The fraction of sp³-hybridized carbons (Fsp3) is 0.259. The molecule has 4 aromatic rings. The highest BCUT2D eigenvalue weighted by Crippen LogP contribution is 2.36. The van der Waals surface area contributed by atoms with Crippen molar-refractivity contribution in [1.82, 2.24) is 19.3 Å². The van der Waals surface area contributed by atoms with Crippen molar-refractivity contribution in [2.24, 2.45) is 0 Å². The number of ether oxygens (including phenoxy) is 1. The second-order valence-corrected chi connectivity index (χ2v) is 11.0. The van der Waals surface area contributed by atoms with E-state index < -0.39 is 10.0 Å². The lowest BCUT2D eigenvalue weighted by molar-refractivity contribution is 0.0730. The first-order valence-electron chi connectivity index (χ1n) is 12.1. The van der Waals surface area contributed by atoms with Gasteiger partial charge in [0, 0.05) is 30.0 Å². The summed E-state index contributed by atoms with van der Waals surface area (Å²) >= 11 is 0. The molecule has 9 nitrogen and oxygen atoms in total. The molecule has 1 aliphatic rings. The van der Waals surface area contributed by atoms with Crippen LogP contribution in [0.4, 0.5) is 11.6 Å². The maximum absolute atomic E-state index is 13.3. The van der Waals surface area contributed by atoms with Crippen LogP contribution >= 0.6 is 0 Å². The van der Waals surface area contributed by atoms with Crippen molar-refractivity contribution >= 4 is 21.7 Å². The number of hydrogen-bond donors (Lipinski definition) is 3. The lowest BCUT2D eigenvalue weighted by Gasteiger charge is -2.26. The minimum atomic E-state index is -3.67. The zero-order chi connectivity index (χ0) is 26.0. The molecule has 0 aliphatic carbocycles. The molecule has 0 bridgehead atoms. The van der Waals surface area contributed by atoms with E-state index in [0.29, 0.717) is 43.2 Å². The molecule has 37 heavy (non-hydrogen) atoms. The quantitative estimate of drug-likeness (QED) is 0.334. The summed E-state index contributed by atoms with van der Waals surface area (Å²) in [5.41, 5.74) is 11.8. The van der Waals surface area contributed by atoms with Gasteiger partial charge in [0.1, 0.15) is 18.0 Å². The van der Waals surface area contributed by atoms with E-state index in [1.807, 2.05) is 38.1 Å². The van der Waals surface area contributed by atoms with Gasteiger partial charge in [-0.2, -0.15) is 4.31 Å². The number of anilines is 2. The summed E-state index contributed by atoms with van der Waals surface area (Å²) < 4.78 is 33.3. The van der Waals surface area contributed by atoms with Crippen LogP contribution < -0.4 is 11.1 Å². The summed E-state index contributed by atoms with van der Waals surface area (Å²) in [6.45, 7) is 5.48. The Kier molecular flexibility index (Phi) is 6.96. The van der Waals surface area contributed by atoms with Crippen molar-refractivity contribution in [3.05, 3.63) is 78.4 Å². The number of morpholine rings is 1. The van der Waals surface area contributed by atoms with Crippen LogP contribution in [-0.2, 0) is 14.8 Å². The molecule has 1 fully saturated rings. The lowest BCUT2D eigenvalue weighted by atomic mass is 10.0. The van der Waals surface area contributed by atoms with Gasteiger partial charge in [-0.25, -0.2) is 18.4 Å². The lowest BCUT2D eigenvalue weighted by Crippen LogP contribution is -2.40. The Balaban J connectivity index is 1.49. The number of nitrogen functional groups attached to an aromatic ring is 1. The van der Waals surface area contributed by atoms with Crippen LogP contribution in [0, 0.1) is 6.92 Å². The Labute approximate surface area is 216 Å². The van der Waals surface area contributed by atoms with Crippen molar-refractivity contribution < 1.29 is 13.2 Å². The van der Waals surface area contributed by atoms with Gasteiger partial charge in [-0.3, -0.25) is 0 Å². The van der Waals surface area contributed by atoms with E-state index in [2.05, 4.69) is 38.5 Å². The molecular formula is C27H30N6O3S. The number of aromatic amines is 1. The molecule has 10 heteroatoms. The molecule has 0 spiro atoms. The van der Waals surface area contributed by atoms with Gasteiger partial charge >= 0.3 is 0 Å². The van der Waals surface area contributed by atoms with E-state index in [1.54, 1.807) is 18.2 Å². The zero-order valence-corrected chi connectivity index (χ0v) is 21.6. The third-order valence-electron chi connectivity index (χ3n) is 6.46. The fourth-order valence-electron chi connectivity index (χ4n) is 4.63. The Hall–Kier alpha value is -3.73. The van der Waals surface area contributed by atoms with E-state index in [9.17, 15) is 8.42 Å². The van der Waals surface area contributed by atoms with Gasteiger partial charge in [-0.15, -0.1) is 0 Å². The Morgan fingerprint density at radius 2 is 1.76 bits per heavy atom. The number of hydrogen-bond acceptors (Lipinski definition) is 7. The van der Waals surface area contributed by atoms with E-state index >= 15 is 0 Å². The van der Waals surface area contributed by atoms with Crippen LogP contribution in [0.5, 0.6) is 0 Å². The molecule has 1 saturated heterocycles. The van der Waals surface area contributed by atoms with Crippen molar-refractivity contribution in [2.45, 2.75) is 24.8 Å². The maximum Gasteiger partial charge on any atom is 0.243 e. The van der Waals surface area contributed by atoms with Crippen molar-refractivity contribution in [2.75, 3.05) is 37.4 Å². The average Bonchev–Trinajstić information content (AvgIpc) is 3.32. The second-order valence-electron chi connectivity index (χ2n) is 9.04. The molecule has 1 aliphatic heterocycles. The number of benzene rings is 2. The number of aryl methyl sites for hydroxylation is 1. The van der Waals surface area contributed by atoms with Crippen LogP contribution in [0.2, 0.25) is 0 Å². The highest BCUT2D eigenvalue weighted by Gasteiger charge is 2.27. The van der Waals surface area contributed by atoms with Gasteiger partial charge in [-0.05, 0) is 43.2 Å². The molecule has 2 aromatic heterocycles. The Bertz CT molecular complexity index is 1500. The van der Waals surface area contributed by atoms with Gasteiger partial charge in [0.2, 0.25) is 10.0 Å². The second kappa shape index (κ2) is 10.3. The standard InChI is InChI=1S/C27H30N6O3S/c1-18-15-23(20-7-4-3-5-8-20)25(31-18)19(2)32-27-24(26(28)29-17-30-27)21-9-6-10-22(16-21)37(34,35)33-11-13-36-14-12-33/h3-10,15-17,19,31H,11-14H2,1-2H3,(H3,28,29,30,32)/t19-/m0/s1. The smallest absolute Gasteiger partial charge is 0.243 e. The molecule has 2 aromatic carbocycles. The summed E-state index contributed by atoms with van der Waals surface area (Å²) in [6, 6.07) is 18.9. The molecule has 0 amide bonds. The van der Waals surface area contributed by atoms with Crippen molar-refractivity contribution in [3.63, 3.8) is 0 Å². The normalized spacial score (nSPS) is 15.4. The first kappa shape index (κ1) is 24.9. The van der Waals surface area contributed by atoms with Gasteiger partial charge in [0.15, 0.2) is 0 Å². The molecule has 3 heterocycles. The summed E-state index contributed by atoms with van der Waals surface area (Å²) in [5.74, 6) is 0.781. The van der Waals surface area contributed by atoms with Gasteiger partial charge < -0.3 is 20.8 Å². The van der Waals surface area contributed by atoms with E-state index in [1.165, 1.54) is 10.6 Å². The maximum atomic E-state index is 13.3. The summed E-state index contributed by atoms with van der Waals surface area (Å²) in [5, 5.41) is 3.47. The molecule has 5 rings (SSSR count). The third-order valence-corrected chi connectivity index (χ3v) is 8.36. The molecule has 0 saturated carbocycles. The van der Waals surface area contributed by atoms with Crippen molar-refractivity contribution in [1.29, 1.82) is 0 Å². The van der Waals surface area contributed by atoms with Crippen LogP contribution in [-0.4, -0.2) is 54.0 Å². The highest BCUT2D eigenvalue weighted by molar-refractivity contribution is 7.89. The largest absolute Gasteiger partial charge is 0.383 e. The molecule has 4 N–H and O–H groups in total. The predicted molar refractivity (Wildman–Crippen MR) is 144 cm³/mol. The number of nitrogens with zero attached hydrogens (tertiary/aromatic N) is 3. The molecule has 192 valence electrons. The SMILES string of the molecule is Cc1cc(-c2ccccc2)c([C@H](C)Nc2ncnc(N)c2-c2cccc(S(=O)(=O)N3CCOCC3)c2)[nH]1. The number of sulfonamides is 1. The first-order valence-corrected chi connectivity index (χ1v) is 13.6. The highest BCUT2D eigenvalue weighted by atomic mass is 32.2. The van der Waals surface area contributed by atoms with Gasteiger partial charge in [-0.1, -0.05) is 42.5 Å². The minimum absolute atomic E-state index is 0.155. The third kappa shape index (κ3) is 5.08. The molecule has 0 radical (unpaired) electrons. The van der Waals surface area contributed by atoms with Crippen LogP contribution in [0.1, 0.15) is 24.4 Å². The van der Waals surface area contributed by atoms with Crippen LogP contribution in [0.15, 0.2) is 71.9 Å². The molecule has 1 atom stereocenters. The van der Waals surface area contributed by atoms with Crippen LogP contribution in [0.3, 0.4) is 0 Å². The first-order chi connectivity index (χ1) is 17.8. The number of aromatic nitrogens is 3. The van der Waals surface area contributed by atoms with Crippen molar-refractivity contribution in [3.8, 4) is 22.3 Å². The fourth-order valence-corrected chi connectivity index (χ4v) is 6.08. The number of nitrogens with one attached hydrogen (secondary N) is 2. The minimum Gasteiger partial charge on any atom is -0.383 e. The van der Waals surface area contributed by atoms with E-state index in [0.717, 1.165) is 22.5 Å². The molecule has 0 unspecified atom stereocenters. The predicted octanol–water partition coefficient (Wildman–Crippen LogP) is 4.22. The Morgan fingerprint density at radius 3 is 2.51 bits per heavy atom. The van der Waals surface area contributed by atoms with Gasteiger partial charge in [0.05, 0.1) is 29.7 Å². The topological polar surface area (TPSA) is 126 Å². The summed E-state index contributed by atoms with van der Waals surface area (Å²) in [6.07, 6.45) is 1.40. The Morgan fingerprint density at radius 1 is 1.03 bits per heavy atom. The van der Waals surface area contributed by atoms with Crippen LogP contribution in [0.25, 0.3) is 22.3 Å². The van der Waals surface area contributed by atoms with E-state index in [-0.39, 0.29) is 16.8 Å². The zero-order valence-electron chi connectivity index (χ0n) is 20.8. The number of rotatable bonds is 7. The average molecular weight is 519 g/mol. The number of H-pyrrole nitrogens is 1. The van der Waals surface area contributed by atoms with E-state index in [4.69, 9.17) is 10.5 Å². The summed E-state index contributed by atoms with van der Waals surface area (Å²) in [7, 11) is -3.67.